The Morgan fingerprint density at radius 2 is 0.521 bits per heavy atom. The van der Waals surface area contributed by atoms with Crippen LogP contribution in [0.5, 0.6) is 0 Å². The lowest BCUT2D eigenvalue weighted by molar-refractivity contribution is -0.167. The molecule has 0 aliphatic rings. The van der Waals surface area contributed by atoms with Crippen LogP contribution in [0.25, 0.3) is 0 Å². The van der Waals surface area contributed by atoms with Crippen LogP contribution in [-0.4, -0.2) is 37.2 Å². The molecule has 6 heteroatoms. The highest BCUT2D eigenvalue weighted by Gasteiger charge is 2.19. The maximum absolute atomic E-state index is 12.9. The van der Waals surface area contributed by atoms with E-state index in [4.69, 9.17) is 14.2 Å². The zero-order chi connectivity index (χ0) is 51.4. The van der Waals surface area contributed by atoms with E-state index in [1.54, 1.807) is 0 Å². The first-order valence-corrected chi connectivity index (χ1v) is 31.1. The van der Waals surface area contributed by atoms with Gasteiger partial charge in [0, 0.05) is 19.3 Å². The lowest BCUT2D eigenvalue weighted by atomic mass is 10.0. The van der Waals surface area contributed by atoms with Gasteiger partial charge in [0.2, 0.25) is 0 Å². The Bertz CT molecular complexity index is 1230. The summed E-state index contributed by atoms with van der Waals surface area (Å²) in [6, 6.07) is 0. The molecule has 0 amide bonds. The third-order valence-corrected chi connectivity index (χ3v) is 13.8. The van der Waals surface area contributed by atoms with Gasteiger partial charge in [-0.25, -0.2) is 0 Å². The van der Waals surface area contributed by atoms with Gasteiger partial charge in [-0.3, -0.25) is 14.4 Å². The van der Waals surface area contributed by atoms with E-state index >= 15 is 0 Å². The van der Waals surface area contributed by atoms with E-state index in [2.05, 4.69) is 69.4 Å². The Morgan fingerprint density at radius 3 is 0.859 bits per heavy atom. The number of allylic oxidation sites excluding steroid dienone is 8. The summed E-state index contributed by atoms with van der Waals surface area (Å²) in [4.78, 5) is 38.2. The molecule has 0 spiro atoms. The van der Waals surface area contributed by atoms with Crippen molar-refractivity contribution < 1.29 is 28.6 Å². The summed E-state index contributed by atoms with van der Waals surface area (Å²) in [5.41, 5.74) is 0. The molecular formula is C65H118O6. The molecular weight excluding hydrogens is 877 g/mol. The summed E-state index contributed by atoms with van der Waals surface area (Å²) in [7, 11) is 0. The second kappa shape index (κ2) is 59.9. The fraction of sp³-hybridized carbons (Fsp3) is 0.831. The SMILES string of the molecule is CCCCCCCC/C=C\C/C=C\C/C=C\CCCC(=O)OC[C@H](COC(=O)CCCCCCC/C=C\CCCCCCCC)OC(=O)CCCCCCCCCCCCCCCCCCCCCCC. The van der Waals surface area contributed by atoms with Crippen LogP contribution in [-0.2, 0) is 28.6 Å². The number of hydrogen-bond donors (Lipinski definition) is 0. The van der Waals surface area contributed by atoms with E-state index < -0.39 is 6.10 Å². The van der Waals surface area contributed by atoms with Gasteiger partial charge < -0.3 is 14.2 Å². The maximum atomic E-state index is 12.9. The van der Waals surface area contributed by atoms with E-state index in [1.807, 2.05) is 0 Å². The van der Waals surface area contributed by atoms with Gasteiger partial charge in [-0.1, -0.05) is 281 Å². The number of unbranched alkanes of at least 4 members (excludes halogenated alkanes) is 38. The average molecular weight is 996 g/mol. The highest BCUT2D eigenvalue weighted by atomic mass is 16.6. The molecule has 0 aromatic carbocycles. The van der Waals surface area contributed by atoms with Crippen molar-refractivity contribution in [3.63, 3.8) is 0 Å². The molecule has 1 atom stereocenters. The Kier molecular flexibility index (Phi) is 57.7. The number of esters is 3. The number of rotatable bonds is 57. The van der Waals surface area contributed by atoms with Crippen LogP contribution in [0, 0.1) is 0 Å². The van der Waals surface area contributed by atoms with Gasteiger partial charge in [0.15, 0.2) is 6.10 Å². The fourth-order valence-electron chi connectivity index (χ4n) is 9.10. The van der Waals surface area contributed by atoms with E-state index in [0.717, 1.165) is 64.2 Å². The zero-order valence-electron chi connectivity index (χ0n) is 47.5. The normalized spacial score (nSPS) is 12.3. The van der Waals surface area contributed by atoms with Crippen LogP contribution < -0.4 is 0 Å². The molecule has 0 rings (SSSR count). The van der Waals surface area contributed by atoms with Gasteiger partial charge in [-0.2, -0.15) is 0 Å². The van der Waals surface area contributed by atoms with Crippen molar-refractivity contribution in [1.29, 1.82) is 0 Å². The van der Waals surface area contributed by atoms with Crippen molar-refractivity contribution >= 4 is 17.9 Å². The van der Waals surface area contributed by atoms with Crippen molar-refractivity contribution in [3.8, 4) is 0 Å². The smallest absolute Gasteiger partial charge is 0.306 e. The first-order chi connectivity index (χ1) is 35.0. The summed E-state index contributed by atoms with van der Waals surface area (Å²) in [5.74, 6) is -0.933. The van der Waals surface area contributed by atoms with Crippen molar-refractivity contribution in [1.82, 2.24) is 0 Å². The lowest BCUT2D eigenvalue weighted by Gasteiger charge is -2.18. The van der Waals surface area contributed by atoms with Crippen LogP contribution in [0.3, 0.4) is 0 Å². The van der Waals surface area contributed by atoms with Gasteiger partial charge in [0.05, 0.1) is 0 Å². The van der Waals surface area contributed by atoms with Crippen LogP contribution in [0.1, 0.15) is 329 Å². The Balaban J connectivity index is 4.39. The molecule has 0 radical (unpaired) electrons. The molecule has 0 aliphatic carbocycles. The molecule has 71 heavy (non-hydrogen) atoms. The highest BCUT2D eigenvalue weighted by molar-refractivity contribution is 5.71. The monoisotopic (exact) mass is 995 g/mol. The predicted molar refractivity (Wildman–Crippen MR) is 307 cm³/mol. The molecule has 0 aliphatic heterocycles. The third-order valence-electron chi connectivity index (χ3n) is 13.8. The maximum Gasteiger partial charge on any atom is 0.306 e. The van der Waals surface area contributed by atoms with E-state index in [0.29, 0.717) is 25.7 Å². The van der Waals surface area contributed by atoms with Gasteiger partial charge >= 0.3 is 17.9 Å². The largest absolute Gasteiger partial charge is 0.462 e. The number of ether oxygens (including phenoxy) is 3. The van der Waals surface area contributed by atoms with E-state index in [-0.39, 0.29) is 31.1 Å². The molecule has 0 aromatic heterocycles. The van der Waals surface area contributed by atoms with Crippen molar-refractivity contribution in [3.05, 3.63) is 48.6 Å². The number of hydrogen-bond acceptors (Lipinski definition) is 6. The zero-order valence-corrected chi connectivity index (χ0v) is 47.5. The van der Waals surface area contributed by atoms with Crippen molar-refractivity contribution in [2.24, 2.45) is 0 Å². The molecule has 6 nitrogen and oxygen atoms in total. The number of carbonyl (C=O) groups excluding carboxylic acids is 3. The summed E-state index contributed by atoms with van der Waals surface area (Å²) in [6.45, 7) is 6.63. The molecule has 0 unspecified atom stereocenters. The molecule has 0 bridgehead atoms. The summed E-state index contributed by atoms with van der Waals surface area (Å²) < 4.78 is 16.9. The van der Waals surface area contributed by atoms with Crippen LogP contribution in [0.15, 0.2) is 48.6 Å². The third kappa shape index (κ3) is 58.1. The van der Waals surface area contributed by atoms with Crippen LogP contribution in [0.4, 0.5) is 0 Å². The fourth-order valence-corrected chi connectivity index (χ4v) is 9.10. The molecule has 0 aromatic rings. The Labute approximate surface area is 441 Å². The minimum absolute atomic E-state index is 0.0899. The van der Waals surface area contributed by atoms with Gasteiger partial charge in [-0.15, -0.1) is 0 Å². The van der Waals surface area contributed by atoms with Crippen molar-refractivity contribution in [2.45, 2.75) is 335 Å². The lowest BCUT2D eigenvalue weighted by Crippen LogP contribution is -2.30. The van der Waals surface area contributed by atoms with Crippen LogP contribution in [0.2, 0.25) is 0 Å². The number of carbonyl (C=O) groups is 3. The summed E-state index contributed by atoms with van der Waals surface area (Å²) in [6.07, 6.45) is 74.1. The molecule has 0 heterocycles. The average Bonchev–Trinajstić information content (AvgIpc) is 3.37. The summed E-state index contributed by atoms with van der Waals surface area (Å²) >= 11 is 0. The van der Waals surface area contributed by atoms with E-state index in [9.17, 15) is 14.4 Å². The minimum atomic E-state index is -0.795. The van der Waals surface area contributed by atoms with E-state index in [1.165, 1.54) is 218 Å². The highest BCUT2D eigenvalue weighted by Crippen LogP contribution is 2.17. The van der Waals surface area contributed by atoms with Crippen LogP contribution >= 0.6 is 0 Å². The predicted octanol–water partition coefficient (Wildman–Crippen LogP) is 21.0. The quantitative estimate of drug-likeness (QED) is 0.0261. The molecule has 0 fully saturated rings. The first kappa shape index (κ1) is 68.4. The molecule has 0 N–H and O–H groups in total. The van der Waals surface area contributed by atoms with Crippen molar-refractivity contribution in [2.75, 3.05) is 13.2 Å². The Hall–Kier alpha value is -2.63. The second-order valence-corrected chi connectivity index (χ2v) is 21.0. The topological polar surface area (TPSA) is 78.9 Å². The minimum Gasteiger partial charge on any atom is -0.462 e. The van der Waals surface area contributed by atoms with Gasteiger partial charge in [-0.05, 0) is 77.0 Å². The summed E-state index contributed by atoms with van der Waals surface area (Å²) in [5, 5.41) is 0. The molecule has 0 saturated heterocycles. The molecule has 0 saturated carbocycles. The standard InChI is InChI=1S/C65H118O6/c1-4-7-10-13-16-19-22-25-28-30-31-32-33-35-38-41-44-47-50-53-56-59-65(68)71-62(60-69-63(66)57-54-51-48-45-42-39-36-27-24-21-18-15-12-9-6-3)61-70-64(67)58-55-52-49-46-43-40-37-34-29-26-23-20-17-14-11-8-5-2/h26-27,29,36-37,40,46,49,62H,4-25,28,30-35,38-39,41-45,47-48,50-61H2,1-3H3/b29-26-,36-27-,40-37-,49-46-/t62-/m0/s1. The first-order valence-electron chi connectivity index (χ1n) is 31.1. The van der Waals surface area contributed by atoms with Gasteiger partial charge in [0.25, 0.3) is 0 Å². The second-order valence-electron chi connectivity index (χ2n) is 21.0. The Morgan fingerprint density at radius 1 is 0.282 bits per heavy atom. The van der Waals surface area contributed by atoms with Gasteiger partial charge in [0.1, 0.15) is 13.2 Å². The molecule has 414 valence electrons.